The highest BCUT2D eigenvalue weighted by Crippen LogP contribution is 2.31. The molecule has 0 fully saturated rings. The zero-order valence-electron chi connectivity index (χ0n) is 14.3. The number of nitrogens with one attached hydrogen (secondary N) is 1. The average molecular weight is 387 g/mol. The first-order valence-electron chi connectivity index (χ1n) is 8.04. The number of rotatable bonds is 6. The highest BCUT2D eigenvalue weighted by atomic mass is 35.5. The second kappa shape index (κ2) is 9.48. The second-order valence-corrected chi connectivity index (χ2v) is 6.07. The van der Waals surface area contributed by atoms with E-state index in [1.165, 1.54) is 6.07 Å². The lowest BCUT2D eigenvalue weighted by atomic mass is 9.95. The van der Waals surface area contributed by atoms with Gasteiger partial charge in [0.15, 0.2) is 0 Å². The van der Waals surface area contributed by atoms with Crippen LogP contribution in [0.15, 0.2) is 48.5 Å². The van der Waals surface area contributed by atoms with E-state index in [0.717, 1.165) is 17.7 Å². The smallest absolute Gasteiger partial charge is 0.399 e. The molecule has 3 N–H and O–H groups in total. The number of hydrogen-bond acceptors (Lipinski definition) is 2. The summed E-state index contributed by atoms with van der Waals surface area (Å²) in [7, 11) is 0. The van der Waals surface area contributed by atoms with Crippen LogP contribution in [-0.4, -0.2) is 12.5 Å². The molecule has 0 radical (unpaired) electrons. The topological polar surface area (TPSA) is 55.1 Å². The predicted molar refractivity (Wildman–Crippen MR) is 99.3 cm³/mol. The molecule has 2 aromatic rings. The van der Waals surface area contributed by atoms with Crippen LogP contribution < -0.4 is 11.1 Å². The van der Waals surface area contributed by atoms with Crippen LogP contribution in [0.1, 0.15) is 36.0 Å². The molecule has 3 nitrogen and oxygen atoms in total. The molecule has 2 aromatic carbocycles. The van der Waals surface area contributed by atoms with Crippen molar-refractivity contribution in [1.82, 2.24) is 5.32 Å². The summed E-state index contributed by atoms with van der Waals surface area (Å²) in [6.45, 7) is 2.22. The molecule has 1 atom stereocenters. The van der Waals surface area contributed by atoms with Gasteiger partial charge in [-0.3, -0.25) is 4.79 Å². The molecule has 0 bridgehead atoms. The van der Waals surface area contributed by atoms with E-state index in [2.05, 4.69) is 5.32 Å². The minimum absolute atomic E-state index is 0. The minimum atomic E-state index is -4.38. The first kappa shape index (κ1) is 21.8. The van der Waals surface area contributed by atoms with Gasteiger partial charge in [-0.2, -0.15) is 13.2 Å². The van der Waals surface area contributed by atoms with Crippen LogP contribution in [0.3, 0.4) is 0 Å². The Balaban J connectivity index is 0.00000338. The van der Waals surface area contributed by atoms with Crippen molar-refractivity contribution in [2.45, 2.75) is 31.9 Å². The summed E-state index contributed by atoms with van der Waals surface area (Å²) in [4.78, 5) is 12.0. The van der Waals surface area contributed by atoms with Crippen LogP contribution in [-0.2, 0) is 17.4 Å². The highest BCUT2D eigenvalue weighted by molar-refractivity contribution is 5.85. The molecular formula is C19H22ClF3N2O. The fraction of sp³-hybridized carbons (Fsp3) is 0.316. The first-order valence-corrected chi connectivity index (χ1v) is 8.04. The molecule has 0 heterocycles. The minimum Gasteiger partial charge on any atom is -0.399 e. The van der Waals surface area contributed by atoms with Crippen molar-refractivity contribution in [3.05, 3.63) is 65.2 Å². The molecule has 142 valence electrons. The Hall–Kier alpha value is -2.21. The summed E-state index contributed by atoms with van der Waals surface area (Å²) < 4.78 is 38.3. The Morgan fingerprint density at radius 2 is 1.81 bits per heavy atom. The molecule has 0 spiro atoms. The zero-order chi connectivity index (χ0) is 18.4. The normalized spacial score (nSPS) is 12.2. The van der Waals surface area contributed by atoms with E-state index in [1.807, 2.05) is 12.1 Å². The Kier molecular flexibility index (Phi) is 7.96. The van der Waals surface area contributed by atoms with Gasteiger partial charge in [0.05, 0.1) is 5.56 Å². The SMILES string of the molecule is CC(CC(=O)NCCc1ccc(N)cc1)c1cccc(C(F)(F)F)c1.Cl. The number of anilines is 1. The van der Waals surface area contributed by atoms with E-state index in [-0.39, 0.29) is 30.7 Å². The van der Waals surface area contributed by atoms with E-state index in [9.17, 15) is 18.0 Å². The Morgan fingerprint density at radius 1 is 1.15 bits per heavy atom. The monoisotopic (exact) mass is 386 g/mol. The molecule has 0 saturated carbocycles. The fourth-order valence-corrected chi connectivity index (χ4v) is 2.52. The highest BCUT2D eigenvalue weighted by Gasteiger charge is 2.30. The van der Waals surface area contributed by atoms with Gasteiger partial charge in [-0.05, 0) is 41.7 Å². The van der Waals surface area contributed by atoms with Crippen LogP contribution >= 0.6 is 12.4 Å². The number of amides is 1. The summed E-state index contributed by atoms with van der Waals surface area (Å²) in [5.41, 5.74) is 7.16. The van der Waals surface area contributed by atoms with Crippen molar-refractivity contribution in [2.24, 2.45) is 0 Å². The molecule has 1 unspecified atom stereocenters. The molecule has 0 aromatic heterocycles. The van der Waals surface area contributed by atoms with Crippen LogP contribution in [0, 0.1) is 0 Å². The quantitative estimate of drug-likeness (QED) is 0.715. The molecule has 2 rings (SSSR count). The van der Waals surface area contributed by atoms with Crippen molar-refractivity contribution in [1.29, 1.82) is 0 Å². The van der Waals surface area contributed by atoms with Crippen molar-refractivity contribution in [3.63, 3.8) is 0 Å². The number of carbonyl (C=O) groups excluding carboxylic acids is 1. The largest absolute Gasteiger partial charge is 0.416 e. The van der Waals surface area contributed by atoms with Gasteiger partial charge in [-0.15, -0.1) is 12.4 Å². The van der Waals surface area contributed by atoms with E-state index in [4.69, 9.17) is 5.73 Å². The number of halogens is 4. The number of alkyl halides is 3. The maximum Gasteiger partial charge on any atom is 0.416 e. The Labute approximate surface area is 157 Å². The summed E-state index contributed by atoms with van der Waals surface area (Å²) in [5.74, 6) is -0.473. The maximum atomic E-state index is 12.8. The molecule has 0 aliphatic carbocycles. The Bertz CT molecular complexity index is 717. The van der Waals surface area contributed by atoms with Gasteiger partial charge < -0.3 is 11.1 Å². The number of nitrogen functional groups attached to an aromatic ring is 1. The van der Waals surface area contributed by atoms with Crippen LogP contribution in [0.5, 0.6) is 0 Å². The van der Waals surface area contributed by atoms with Crippen molar-refractivity contribution >= 4 is 24.0 Å². The molecule has 26 heavy (non-hydrogen) atoms. The second-order valence-electron chi connectivity index (χ2n) is 6.07. The molecule has 0 saturated heterocycles. The summed E-state index contributed by atoms with van der Waals surface area (Å²) in [6, 6.07) is 12.5. The lowest BCUT2D eigenvalue weighted by Crippen LogP contribution is -2.26. The van der Waals surface area contributed by atoms with Gasteiger partial charge in [0.1, 0.15) is 0 Å². The van der Waals surface area contributed by atoms with E-state index in [0.29, 0.717) is 24.2 Å². The number of benzene rings is 2. The van der Waals surface area contributed by atoms with Gasteiger partial charge >= 0.3 is 6.18 Å². The van der Waals surface area contributed by atoms with Gasteiger partial charge in [0.25, 0.3) is 0 Å². The third-order valence-electron chi connectivity index (χ3n) is 3.99. The standard InChI is InChI=1S/C19H21F3N2O.ClH/c1-13(15-3-2-4-16(12-15)19(20,21)22)11-18(25)24-10-9-14-5-7-17(23)8-6-14;/h2-8,12-13H,9-11,23H2,1H3,(H,24,25);1H. The molecule has 1 amide bonds. The van der Waals surface area contributed by atoms with Crippen molar-refractivity contribution < 1.29 is 18.0 Å². The molecule has 0 aliphatic heterocycles. The maximum absolute atomic E-state index is 12.8. The van der Waals surface area contributed by atoms with Crippen LogP contribution in [0.4, 0.5) is 18.9 Å². The van der Waals surface area contributed by atoms with Gasteiger partial charge in [0, 0.05) is 18.7 Å². The zero-order valence-corrected chi connectivity index (χ0v) is 15.2. The number of hydrogen-bond donors (Lipinski definition) is 2. The summed E-state index contributed by atoms with van der Waals surface area (Å²) >= 11 is 0. The molecule has 7 heteroatoms. The van der Waals surface area contributed by atoms with Crippen molar-refractivity contribution in [2.75, 3.05) is 12.3 Å². The third kappa shape index (κ3) is 6.59. The van der Waals surface area contributed by atoms with Crippen LogP contribution in [0.25, 0.3) is 0 Å². The lowest BCUT2D eigenvalue weighted by molar-refractivity contribution is -0.137. The van der Waals surface area contributed by atoms with E-state index >= 15 is 0 Å². The average Bonchev–Trinajstić information content (AvgIpc) is 2.56. The Morgan fingerprint density at radius 3 is 2.42 bits per heavy atom. The number of nitrogens with two attached hydrogens (primary N) is 1. The molecular weight excluding hydrogens is 365 g/mol. The summed E-state index contributed by atoms with van der Waals surface area (Å²) in [6.07, 6.45) is -3.57. The first-order chi connectivity index (χ1) is 11.8. The third-order valence-corrected chi connectivity index (χ3v) is 3.99. The fourth-order valence-electron chi connectivity index (χ4n) is 2.52. The van der Waals surface area contributed by atoms with E-state index in [1.54, 1.807) is 25.1 Å². The van der Waals surface area contributed by atoms with E-state index < -0.39 is 11.7 Å². The van der Waals surface area contributed by atoms with Gasteiger partial charge in [-0.25, -0.2) is 0 Å². The summed E-state index contributed by atoms with van der Waals surface area (Å²) in [5, 5.41) is 2.80. The predicted octanol–water partition coefficient (Wildman–Crippen LogP) is 4.56. The number of carbonyl (C=O) groups is 1. The van der Waals surface area contributed by atoms with Crippen molar-refractivity contribution in [3.8, 4) is 0 Å². The molecule has 0 aliphatic rings. The van der Waals surface area contributed by atoms with Gasteiger partial charge in [-0.1, -0.05) is 37.3 Å². The van der Waals surface area contributed by atoms with Gasteiger partial charge in [0.2, 0.25) is 5.91 Å². The lowest BCUT2D eigenvalue weighted by Gasteiger charge is -2.14. The van der Waals surface area contributed by atoms with Crippen LogP contribution in [0.2, 0.25) is 0 Å².